The van der Waals surface area contributed by atoms with E-state index in [2.05, 4.69) is 13.8 Å². The van der Waals surface area contributed by atoms with E-state index in [0.29, 0.717) is 12.5 Å². The molecule has 0 unspecified atom stereocenters. The summed E-state index contributed by atoms with van der Waals surface area (Å²) in [7, 11) is 0. The van der Waals surface area contributed by atoms with E-state index in [-0.39, 0.29) is 0 Å². The second-order valence-corrected chi connectivity index (χ2v) is 3.56. The van der Waals surface area contributed by atoms with Gasteiger partial charge in [0.05, 0.1) is 0 Å². The summed E-state index contributed by atoms with van der Waals surface area (Å²) in [5.74, 6) is 0.462. The molecule has 0 amide bonds. The SMILES string of the molecule is CC(C)c1cccc(CN)c1Cl. The van der Waals surface area contributed by atoms with Crippen LogP contribution in [0, 0.1) is 0 Å². The molecule has 0 aliphatic rings. The van der Waals surface area contributed by atoms with Crippen LogP contribution < -0.4 is 5.73 Å². The lowest BCUT2D eigenvalue weighted by molar-refractivity contribution is 0.861. The van der Waals surface area contributed by atoms with Crippen LogP contribution >= 0.6 is 11.6 Å². The molecule has 0 radical (unpaired) electrons. The number of hydrogen-bond acceptors (Lipinski definition) is 1. The molecule has 1 aromatic carbocycles. The molecule has 12 heavy (non-hydrogen) atoms. The fourth-order valence-corrected chi connectivity index (χ4v) is 1.62. The van der Waals surface area contributed by atoms with Gasteiger partial charge in [0.15, 0.2) is 0 Å². The number of halogens is 1. The lowest BCUT2D eigenvalue weighted by atomic mass is 10.0. The van der Waals surface area contributed by atoms with Gasteiger partial charge in [0, 0.05) is 11.6 Å². The topological polar surface area (TPSA) is 26.0 Å². The highest BCUT2D eigenvalue weighted by Gasteiger charge is 2.06. The van der Waals surface area contributed by atoms with Crippen LogP contribution in [-0.2, 0) is 6.54 Å². The Hall–Kier alpha value is -0.530. The number of rotatable bonds is 2. The molecule has 0 atom stereocenters. The first-order valence-electron chi connectivity index (χ1n) is 4.14. The largest absolute Gasteiger partial charge is 0.326 e. The van der Waals surface area contributed by atoms with Crippen molar-refractivity contribution in [3.63, 3.8) is 0 Å². The molecule has 0 aliphatic heterocycles. The van der Waals surface area contributed by atoms with E-state index < -0.39 is 0 Å². The molecule has 1 aromatic rings. The molecule has 2 heteroatoms. The van der Waals surface area contributed by atoms with Crippen molar-refractivity contribution < 1.29 is 0 Å². The first-order chi connectivity index (χ1) is 5.66. The average molecular weight is 184 g/mol. The van der Waals surface area contributed by atoms with Crippen molar-refractivity contribution in [2.75, 3.05) is 0 Å². The number of nitrogens with two attached hydrogens (primary N) is 1. The first kappa shape index (κ1) is 9.56. The van der Waals surface area contributed by atoms with Gasteiger partial charge in [-0.1, -0.05) is 43.6 Å². The minimum atomic E-state index is 0.462. The van der Waals surface area contributed by atoms with E-state index in [1.165, 1.54) is 5.56 Å². The second-order valence-electron chi connectivity index (χ2n) is 3.18. The van der Waals surface area contributed by atoms with Crippen LogP contribution in [0.5, 0.6) is 0 Å². The molecule has 1 nitrogen and oxygen atoms in total. The molecule has 66 valence electrons. The molecule has 0 fully saturated rings. The molecule has 2 N–H and O–H groups in total. The highest BCUT2D eigenvalue weighted by atomic mass is 35.5. The molecular formula is C10H14ClN. The van der Waals surface area contributed by atoms with Crippen LogP contribution in [0.15, 0.2) is 18.2 Å². The van der Waals surface area contributed by atoms with Gasteiger partial charge < -0.3 is 5.73 Å². The maximum absolute atomic E-state index is 6.12. The van der Waals surface area contributed by atoms with Crippen LogP contribution in [0.2, 0.25) is 5.02 Å². The Bertz CT molecular complexity index is 269. The molecule has 0 saturated carbocycles. The first-order valence-corrected chi connectivity index (χ1v) is 4.52. The molecule has 0 bridgehead atoms. The van der Waals surface area contributed by atoms with Gasteiger partial charge in [0.1, 0.15) is 0 Å². The zero-order valence-electron chi connectivity index (χ0n) is 7.47. The fourth-order valence-electron chi connectivity index (χ4n) is 1.20. The van der Waals surface area contributed by atoms with Gasteiger partial charge >= 0.3 is 0 Å². The summed E-state index contributed by atoms with van der Waals surface area (Å²) < 4.78 is 0. The number of hydrogen-bond donors (Lipinski definition) is 1. The summed E-state index contributed by atoms with van der Waals surface area (Å²) in [6.45, 7) is 4.77. The van der Waals surface area contributed by atoms with Crippen molar-refractivity contribution >= 4 is 11.6 Å². The van der Waals surface area contributed by atoms with E-state index >= 15 is 0 Å². The summed E-state index contributed by atoms with van der Waals surface area (Å²) in [5, 5.41) is 0.829. The normalized spacial score (nSPS) is 10.8. The Morgan fingerprint density at radius 2 is 2.08 bits per heavy atom. The van der Waals surface area contributed by atoms with Crippen molar-refractivity contribution in [2.24, 2.45) is 5.73 Å². The molecule has 0 aromatic heterocycles. The quantitative estimate of drug-likeness (QED) is 0.750. The molecular weight excluding hydrogens is 170 g/mol. The molecule has 1 rings (SSSR count). The minimum absolute atomic E-state index is 0.462. The van der Waals surface area contributed by atoms with Crippen molar-refractivity contribution in [1.82, 2.24) is 0 Å². The maximum Gasteiger partial charge on any atom is 0.0485 e. The third kappa shape index (κ3) is 1.79. The Morgan fingerprint density at radius 1 is 1.42 bits per heavy atom. The summed E-state index contributed by atoms with van der Waals surface area (Å²) in [6, 6.07) is 6.02. The van der Waals surface area contributed by atoms with Crippen LogP contribution in [0.25, 0.3) is 0 Å². The third-order valence-electron chi connectivity index (χ3n) is 1.95. The monoisotopic (exact) mass is 183 g/mol. The predicted octanol–water partition coefficient (Wildman–Crippen LogP) is 2.92. The average Bonchev–Trinajstić information content (AvgIpc) is 2.04. The van der Waals surface area contributed by atoms with Crippen LogP contribution in [0.4, 0.5) is 0 Å². The lowest BCUT2D eigenvalue weighted by Crippen LogP contribution is -1.99. The number of benzene rings is 1. The summed E-state index contributed by atoms with van der Waals surface area (Å²) in [6.07, 6.45) is 0. The highest BCUT2D eigenvalue weighted by Crippen LogP contribution is 2.26. The lowest BCUT2D eigenvalue weighted by Gasteiger charge is -2.10. The zero-order valence-corrected chi connectivity index (χ0v) is 8.23. The molecule has 0 aliphatic carbocycles. The van der Waals surface area contributed by atoms with Crippen LogP contribution in [0.3, 0.4) is 0 Å². The van der Waals surface area contributed by atoms with E-state index in [1.54, 1.807) is 0 Å². The van der Waals surface area contributed by atoms with Gasteiger partial charge in [0.25, 0.3) is 0 Å². The van der Waals surface area contributed by atoms with Crippen molar-refractivity contribution in [3.05, 3.63) is 34.3 Å². The molecule has 0 spiro atoms. The van der Waals surface area contributed by atoms with Crippen molar-refractivity contribution in [3.8, 4) is 0 Å². The van der Waals surface area contributed by atoms with E-state index in [0.717, 1.165) is 10.6 Å². The van der Waals surface area contributed by atoms with Gasteiger partial charge in [-0.25, -0.2) is 0 Å². The Kier molecular flexibility index (Phi) is 3.12. The predicted molar refractivity (Wildman–Crippen MR) is 53.4 cm³/mol. The summed E-state index contributed by atoms with van der Waals surface area (Å²) in [4.78, 5) is 0. The Labute approximate surface area is 78.5 Å². The van der Waals surface area contributed by atoms with Crippen LogP contribution in [-0.4, -0.2) is 0 Å². The van der Waals surface area contributed by atoms with Gasteiger partial charge in [-0.15, -0.1) is 0 Å². The second kappa shape index (κ2) is 3.92. The summed E-state index contributed by atoms with van der Waals surface area (Å²) in [5.41, 5.74) is 7.75. The summed E-state index contributed by atoms with van der Waals surface area (Å²) >= 11 is 6.12. The highest BCUT2D eigenvalue weighted by molar-refractivity contribution is 6.32. The minimum Gasteiger partial charge on any atom is -0.326 e. The van der Waals surface area contributed by atoms with Crippen molar-refractivity contribution in [1.29, 1.82) is 0 Å². The standard InChI is InChI=1S/C10H14ClN/c1-7(2)9-5-3-4-8(6-12)10(9)11/h3-5,7H,6,12H2,1-2H3. The third-order valence-corrected chi connectivity index (χ3v) is 2.41. The molecule has 0 saturated heterocycles. The van der Waals surface area contributed by atoms with Gasteiger partial charge in [-0.05, 0) is 17.0 Å². The van der Waals surface area contributed by atoms with Crippen LogP contribution in [0.1, 0.15) is 30.9 Å². The van der Waals surface area contributed by atoms with E-state index in [1.807, 2.05) is 18.2 Å². The van der Waals surface area contributed by atoms with Gasteiger partial charge in [0.2, 0.25) is 0 Å². The van der Waals surface area contributed by atoms with E-state index in [4.69, 9.17) is 17.3 Å². The fraction of sp³-hybridized carbons (Fsp3) is 0.400. The maximum atomic E-state index is 6.12. The van der Waals surface area contributed by atoms with Gasteiger partial charge in [-0.2, -0.15) is 0 Å². The Balaban J connectivity index is 3.14. The smallest absolute Gasteiger partial charge is 0.0485 e. The van der Waals surface area contributed by atoms with Gasteiger partial charge in [-0.3, -0.25) is 0 Å². The zero-order chi connectivity index (χ0) is 9.14. The van der Waals surface area contributed by atoms with E-state index in [9.17, 15) is 0 Å². The van der Waals surface area contributed by atoms with Crippen molar-refractivity contribution in [2.45, 2.75) is 26.3 Å². The Morgan fingerprint density at radius 3 is 2.58 bits per heavy atom. The molecule has 0 heterocycles.